The van der Waals surface area contributed by atoms with Crippen molar-refractivity contribution in [2.45, 2.75) is 6.92 Å². The van der Waals surface area contributed by atoms with Crippen LogP contribution in [0.4, 0.5) is 17.6 Å². The van der Waals surface area contributed by atoms with Gasteiger partial charge in [-0.15, -0.1) is 0 Å². The molecule has 0 heterocycles. The summed E-state index contributed by atoms with van der Waals surface area (Å²) in [5.41, 5.74) is -1.14. The van der Waals surface area contributed by atoms with Crippen LogP contribution in [-0.4, -0.2) is 12.6 Å². The van der Waals surface area contributed by atoms with Crippen LogP contribution in [0.5, 0.6) is 0 Å². The third-order valence-corrected chi connectivity index (χ3v) is 1.68. The van der Waals surface area contributed by atoms with Crippen molar-refractivity contribution < 1.29 is 27.1 Å². The molecule has 0 N–H and O–H groups in total. The fourth-order valence-electron chi connectivity index (χ4n) is 0.964. The minimum atomic E-state index is -1.65. The highest BCUT2D eigenvalue weighted by molar-refractivity contribution is 5.89. The number of hydrogen-bond donors (Lipinski definition) is 0. The largest absolute Gasteiger partial charge is 0.456 e. The summed E-state index contributed by atoms with van der Waals surface area (Å²) < 4.78 is 55.9. The van der Waals surface area contributed by atoms with E-state index in [9.17, 15) is 22.4 Å². The molecule has 0 saturated carbocycles. The summed E-state index contributed by atoms with van der Waals surface area (Å²) >= 11 is 0. The number of benzene rings is 1. The number of ether oxygens (including phenoxy) is 1. The highest BCUT2D eigenvalue weighted by Crippen LogP contribution is 2.18. The van der Waals surface area contributed by atoms with Crippen LogP contribution in [0.25, 0.3) is 0 Å². The van der Waals surface area contributed by atoms with E-state index < -0.39 is 34.8 Å². The number of halogens is 4. The normalized spacial score (nSPS) is 9.47. The van der Waals surface area contributed by atoms with E-state index in [1.807, 2.05) is 0 Å². The molecule has 0 radical (unpaired) electrons. The second-order valence-electron chi connectivity index (χ2n) is 2.81. The maximum Gasteiger partial charge on any atom is 0.384 e. The van der Waals surface area contributed by atoms with Gasteiger partial charge in [-0.25, -0.2) is 22.4 Å². The Hall–Kier alpha value is -2.03. The SMILES string of the molecule is CCOC(=O)C#Cc1c(F)c(F)cc(F)c1F. The van der Waals surface area contributed by atoms with Gasteiger partial charge in [0.15, 0.2) is 23.3 Å². The molecule has 0 amide bonds. The highest BCUT2D eigenvalue weighted by atomic mass is 19.2. The van der Waals surface area contributed by atoms with Crippen molar-refractivity contribution in [1.82, 2.24) is 0 Å². The Labute approximate surface area is 94.2 Å². The van der Waals surface area contributed by atoms with E-state index in [2.05, 4.69) is 4.74 Å². The first-order valence-electron chi connectivity index (χ1n) is 4.49. The molecule has 0 aliphatic rings. The first kappa shape index (κ1) is 13.0. The number of hydrogen-bond acceptors (Lipinski definition) is 2. The van der Waals surface area contributed by atoms with Crippen molar-refractivity contribution in [2.24, 2.45) is 0 Å². The van der Waals surface area contributed by atoms with Crippen LogP contribution in [0, 0.1) is 35.1 Å². The molecule has 1 rings (SSSR count). The van der Waals surface area contributed by atoms with Crippen molar-refractivity contribution in [3.63, 3.8) is 0 Å². The molecular formula is C11H6F4O2. The first-order valence-corrected chi connectivity index (χ1v) is 4.49. The predicted octanol–water partition coefficient (Wildman–Crippen LogP) is 2.16. The molecule has 0 aliphatic heterocycles. The van der Waals surface area contributed by atoms with Crippen LogP contribution in [0.3, 0.4) is 0 Å². The zero-order valence-corrected chi connectivity index (χ0v) is 8.61. The fourth-order valence-corrected chi connectivity index (χ4v) is 0.964. The number of carbonyl (C=O) groups is 1. The Morgan fingerprint density at radius 1 is 1.24 bits per heavy atom. The molecule has 1 aromatic carbocycles. The Bertz CT molecular complexity index is 488. The van der Waals surface area contributed by atoms with Crippen LogP contribution in [0.2, 0.25) is 0 Å². The average Bonchev–Trinajstić information content (AvgIpc) is 2.27. The fraction of sp³-hybridized carbons (Fsp3) is 0.182. The van der Waals surface area contributed by atoms with E-state index >= 15 is 0 Å². The van der Waals surface area contributed by atoms with Crippen molar-refractivity contribution in [1.29, 1.82) is 0 Å². The molecule has 6 heteroatoms. The number of carbonyl (C=O) groups excluding carboxylic acids is 1. The number of rotatable bonds is 1. The Morgan fingerprint density at radius 2 is 1.76 bits per heavy atom. The van der Waals surface area contributed by atoms with Crippen molar-refractivity contribution in [2.75, 3.05) is 6.61 Å². The molecule has 90 valence electrons. The lowest BCUT2D eigenvalue weighted by atomic mass is 10.2. The summed E-state index contributed by atoms with van der Waals surface area (Å²) in [4.78, 5) is 10.8. The Morgan fingerprint density at radius 3 is 2.24 bits per heavy atom. The maximum atomic E-state index is 13.0. The maximum absolute atomic E-state index is 13.0. The van der Waals surface area contributed by atoms with E-state index in [0.717, 1.165) is 0 Å². The van der Waals surface area contributed by atoms with Crippen LogP contribution in [0.15, 0.2) is 6.07 Å². The van der Waals surface area contributed by atoms with Gasteiger partial charge in [-0.3, -0.25) is 0 Å². The molecule has 2 nitrogen and oxygen atoms in total. The van der Waals surface area contributed by atoms with Gasteiger partial charge in [-0.2, -0.15) is 0 Å². The van der Waals surface area contributed by atoms with Gasteiger partial charge in [-0.05, 0) is 12.8 Å². The van der Waals surface area contributed by atoms with Crippen molar-refractivity contribution >= 4 is 5.97 Å². The number of esters is 1. The zero-order chi connectivity index (χ0) is 13.0. The molecule has 0 atom stereocenters. The van der Waals surface area contributed by atoms with Crippen LogP contribution >= 0.6 is 0 Å². The van der Waals surface area contributed by atoms with Gasteiger partial charge in [0.25, 0.3) is 0 Å². The molecule has 0 aliphatic carbocycles. The molecule has 0 unspecified atom stereocenters. The van der Waals surface area contributed by atoms with Crippen LogP contribution < -0.4 is 0 Å². The van der Waals surface area contributed by atoms with Gasteiger partial charge in [-0.1, -0.05) is 0 Å². The Kier molecular flexibility index (Phi) is 4.10. The van der Waals surface area contributed by atoms with Gasteiger partial charge in [0.2, 0.25) is 0 Å². The minimum absolute atomic E-state index is 0.0238. The van der Waals surface area contributed by atoms with Gasteiger partial charge in [0, 0.05) is 12.0 Å². The summed E-state index contributed by atoms with van der Waals surface area (Å²) in [6.45, 7) is 1.53. The lowest BCUT2D eigenvalue weighted by molar-refractivity contribution is -0.136. The third-order valence-electron chi connectivity index (χ3n) is 1.68. The van der Waals surface area contributed by atoms with E-state index in [0.29, 0.717) is 0 Å². The quantitative estimate of drug-likeness (QED) is 0.328. The lowest BCUT2D eigenvalue weighted by Gasteiger charge is -1.99. The summed E-state index contributed by atoms with van der Waals surface area (Å²) in [5.74, 6) is -4.12. The van der Waals surface area contributed by atoms with E-state index in [-0.39, 0.29) is 12.7 Å². The van der Waals surface area contributed by atoms with E-state index in [1.165, 1.54) is 6.92 Å². The topological polar surface area (TPSA) is 26.3 Å². The molecule has 0 aromatic heterocycles. The monoisotopic (exact) mass is 246 g/mol. The second kappa shape index (κ2) is 5.34. The lowest BCUT2D eigenvalue weighted by Crippen LogP contribution is -2.02. The highest BCUT2D eigenvalue weighted by Gasteiger charge is 2.17. The third kappa shape index (κ3) is 2.97. The molecule has 0 spiro atoms. The van der Waals surface area contributed by atoms with E-state index in [1.54, 1.807) is 11.8 Å². The molecule has 0 saturated heterocycles. The van der Waals surface area contributed by atoms with Gasteiger partial charge >= 0.3 is 5.97 Å². The smallest absolute Gasteiger partial charge is 0.384 e. The second-order valence-corrected chi connectivity index (χ2v) is 2.81. The molecular weight excluding hydrogens is 240 g/mol. The molecule has 1 aromatic rings. The average molecular weight is 246 g/mol. The van der Waals surface area contributed by atoms with Gasteiger partial charge < -0.3 is 4.74 Å². The minimum Gasteiger partial charge on any atom is -0.456 e. The van der Waals surface area contributed by atoms with E-state index in [4.69, 9.17) is 0 Å². The molecule has 0 bridgehead atoms. The molecule has 0 fully saturated rings. The van der Waals surface area contributed by atoms with Gasteiger partial charge in [0.1, 0.15) is 5.56 Å². The van der Waals surface area contributed by atoms with Crippen LogP contribution in [0.1, 0.15) is 12.5 Å². The summed E-state index contributed by atoms with van der Waals surface area (Å²) in [7, 11) is 0. The van der Waals surface area contributed by atoms with Crippen LogP contribution in [-0.2, 0) is 9.53 Å². The standard InChI is InChI=1S/C11H6F4O2/c1-2-17-9(16)4-3-6-10(14)7(12)5-8(13)11(6)15/h5H,2H2,1H3. The zero-order valence-electron chi connectivity index (χ0n) is 8.61. The molecule has 17 heavy (non-hydrogen) atoms. The van der Waals surface area contributed by atoms with Crippen molar-refractivity contribution in [3.8, 4) is 11.8 Å². The summed E-state index contributed by atoms with van der Waals surface area (Å²) in [5, 5.41) is 0. The predicted molar refractivity (Wildman–Crippen MR) is 49.8 cm³/mol. The summed E-state index contributed by atoms with van der Waals surface area (Å²) in [6, 6.07) is 0.0558. The summed E-state index contributed by atoms with van der Waals surface area (Å²) in [6.07, 6.45) is 0. The van der Waals surface area contributed by atoms with Crippen molar-refractivity contribution in [3.05, 3.63) is 34.9 Å². The van der Waals surface area contributed by atoms with Gasteiger partial charge in [0.05, 0.1) is 6.61 Å². The Balaban J connectivity index is 3.18. The first-order chi connectivity index (χ1) is 7.97.